The number of carbonyl (C=O) groups is 2. The van der Waals surface area contributed by atoms with E-state index in [4.69, 9.17) is 11.6 Å². The summed E-state index contributed by atoms with van der Waals surface area (Å²) in [7, 11) is 0. The molecule has 0 bridgehead atoms. The van der Waals surface area contributed by atoms with Gasteiger partial charge in [0, 0.05) is 17.4 Å². The van der Waals surface area contributed by atoms with Crippen LogP contribution in [-0.2, 0) is 4.79 Å². The Balaban J connectivity index is 3.04. The lowest BCUT2D eigenvalue weighted by Crippen LogP contribution is -1.93. The second-order valence-corrected chi connectivity index (χ2v) is 3.93. The van der Waals surface area contributed by atoms with E-state index in [1.165, 1.54) is 6.92 Å². The van der Waals surface area contributed by atoms with Crippen LogP contribution in [-0.4, -0.2) is 10.4 Å². The summed E-state index contributed by atoms with van der Waals surface area (Å²) in [5.74, 6) is 0. The van der Waals surface area contributed by atoms with E-state index in [2.05, 4.69) is 0 Å². The Hall–Kier alpha value is -0.800. The van der Waals surface area contributed by atoms with E-state index in [1.807, 2.05) is 0 Å². The molecule has 0 aliphatic carbocycles. The van der Waals surface area contributed by atoms with Crippen LogP contribution in [0.25, 0.3) is 0 Å². The summed E-state index contributed by atoms with van der Waals surface area (Å²) >= 11 is 6.34. The fraction of sp³-hybridized carbons (Fsp3) is 0.111. The number of carbonyl (C=O) groups excluding carboxylic acids is 2. The summed E-state index contributed by atoms with van der Waals surface area (Å²) in [6, 6.07) is 6.76. The zero-order valence-electron chi connectivity index (χ0n) is 6.91. The largest absolute Gasteiger partial charge is 0.287 e. The average molecular weight is 215 g/mol. The minimum Gasteiger partial charge on any atom is -0.287 e. The predicted molar refractivity (Wildman–Crippen MR) is 53.2 cm³/mol. The van der Waals surface area contributed by atoms with Crippen LogP contribution in [0.3, 0.4) is 0 Å². The second-order valence-electron chi connectivity index (χ2n) is 2.36. The third-order valence-electron chi connectivity index (χ3n) is 1.35. The van der Waals surface area contributed by atoms with Gasteiger partial charge in [-0.2, -0.15) is 0 Å². The number of rotatable bonds is 2. The van der Waals surface area contributed by atoms with Crippen LogP contribution in [0, 0.1) is 0 Å². The Morgan fingerprint density at radius 1 is 1.31 bits per heavy atom. The molecule has 0 saturated heterocycles. The van der Waals surface area contributed by atoms with Crippen LogP contribution in [0.4, 0.5) is 0 Å². The molecule has 0 amide bonds. The molecule has 1 aromatic carbocycles. The van der Waals surface area contributed by atoms with Gasteiger partial charge in [0.25, 0.3) is 5.24 Å². The zero-order chi connectivity index (χ0) is 9.84. The van der Waals surface area contributed by atoms with E-state index in [9.17, 15) is 9.59 Å². The van der Waals surface area contributed by atoms with Gasteiger partial charge < -0.3 is 0 Å². The molecule has 0 heterocycles. The number of benzene rings is 1. The number of thioether (sulfide) groups is 1. The molecule has 1 aromatic rings. The molecule has 0 N–H and O–H groups in total. The Morgan fingerprint density at radius 2 is 1.92 bits per heavy atom. The quantitative estimate of drug-likeness (QED) is 0.561. The van der Waals surface area contributed by atoms with Crippen LogP contribution < -0.4 is 0 Å². The molecule has 68 valence electrons. The van der Waals surface area contributed by atoms with Gasteiger partial charge in [-0.1, -0.05) is 23.9 Å². The summed E-state index contributed by atoms with van der Waals surface area (Å²) in [4.78, 5) is 22.3. The van der Waals surface area contributed by atoms with Crippen molar-refractivity contribution in [1.29, 1.82) is 0 Å². The number of hydrogen-bond donors (Lipinski definition) is 0. The molecule has 0 unspecified atom stereocenters. The van der Waals surface area contributed by atoms with Crippen LogP contribution in [0.15, 0.2) is 29.2 Å². The average Bonchev–Trinajstić information content (AvgIpc) is 2.03. The van der Waals surface area contributed by atoms with Gasteiger partial charge in [-0.05, 0) is 23.7 Å². The van der Waals surface area contributed by atoms with Crippen molar-refractivity contribution in [3.05, 3.63) is 29.8 Å². The Labute approximate surface area is 85.3 Å². The summed E-state index contributed by atoms with van der Waals surface area (Å²) in [6.45, 7) is 1.44. The molecule has 0 radical (unpaired) electrons. The zero-order valence-corrected chi connectivity index (χ0v) is 8.48. The normalized spacial score (nSPS) is 9.69. The van der Waals surface area contributed by atoms with Crippen LogP contribution in [0.1, 0.15) is 17.3 Å². The van der Waals surface area contributed by atoms with E-state index in [1.54, 1.807) is 24.3 Å². The topological polar surface area (TPSA) is 34.1 Å². The van der Waals surface area contributed by atoms with Gasteiger partial charge >= 0.3 is 0 Å². The molecule has 0 atom stereocenters. The first-order chi connectivity index (χ1) is 6.11. The first-order valence-corrected chi connectivity index (χ1v) is 4.78. The third kappa shape index (κ3) is 2.86. The van der Waals surface area contributed by atoms with Gasteiger partial charge in [0.05, 0.1) is 0 Å². The standard InChI is InChI=1S/C9H7ClO2S/c1-6(11)13-8-5-3-2-4-7(8)9(10)12/h2-5H,1H3. The van der Waals surface area contributed by atoms with E-state index >= 15 is 0 Å². The highest BCUT2D eigenvalue weighted by molar-refractivity contribution is 8.13. The molecule has 13 heavy (non-hydrogen) atoms. The SMILES string of the molecule is CC(=O)Sc1ccccc1C(=O)Cl. The number of hydrogen-bond acceptors (Lipinski definition) is 3. The Bertz CT molecular complexity index is 349. The summed E-state index contributed by atoms with van der Waals surface area (Å²) in [6.07, 6.45) is 0. The van der Waals surface area contributed by atoms with Gasteiger partial charge in [-0.3, -0.25) is 9.59 Å². The number of halogens is 1. The minimum atomic E-state index is -0.538. The second kappa shape index (κ2) is 4.44. The van der Waals surface area contributed by atoms with Gasteiger partial charge in [0.2, 0.25) is 0 Å². The van der Waals surface area contributed by atoms with Crippen molar-refractivity contribution in [3.63, 3.8) is 0 Å². The van der Waals surface area contributed by atoms with Gasteiger partial charge in [-0.25, -0.2) is 0 Å². The van der Waals surface area contributed by atoms with Gasteiger partial charge in [0.15, 0.2) is 5.12 Å². The first-order valence-electron chi connectivity index (χ1n) is 3.58. The lowest BCUT2D eigenvalue weighted by atomic mass is 10.2. The molecule has 1 rings (SSSR count). The summed E-state index contributed by atoms with van der Waals surface area (Å²) < 4.78 is 0. The molecule has 0 spiro atoms. The fourth-order valence-electron chi connectivity index (χ4n) is 0.873. The van der Waals surface area contributed by atoms with Crippen molar-refractivity contribution in [3.8, 4) is 0 Å². The van der Waals surface area contributed by atoms with Crippen molar-refractivity contribution < 1.29 is 9.59 Å². The molecule has 2 nitrogen and oxygen atoms in total. The van der Waals surface area contributed by atoms with Gasteiger partial charge in [0.1, 0.15) is 0 Å². The predicted octanol–water partition coefficient (Wildman–Crippen LogP) is 2.70. The Morgan fingerprint density at radius 3 is 2.46 bits per heavy atom. The van der Waals surface area contributed by atoms with Crippen molar-refractivity contribution in [2.24, 2.45) is 0 Å². The highest BCUT2D eigenvalue weighted by Gasteiger charge is 2.09. The molecule has 0 aliphatic heterocycles. The van der Waals surface area contributed by atoms with Crippen molar-refractivity contribution in [2.45, 2.75) is 11.8 Å². The molecule has 4 heteroatoms. The maximum absolute atomic E-state index is 10.9. The maximum Gasteiger partial charge on any atom is 0.253 e. The first kappa shape index (κ1) is 10.3. The van der Waals surface area contributed by atoms with Crippen molar-refractivity contribution >= 4 is 33.7 Å². The summed E-state index contributed by atoms with van der Waals surface area (Å²) in [5.41, 5.74) is 0.379. The van der Waals surface area contributed by atoms with E-state index in [0.29, 0.717) is 10.5 Å². The molecule has 0 aliphatic rings. The third-order valence-corrected chi connectivity index (χ3v) is 2.42. The molecular weight excluding hydrogens is 208 g/mol. The van der Waals surface area contributed by atoms with Crippen LogP contribution in [0.5, 0.6) is 0 Å². The highest BCUT2D eigenvalue weighted by atomic mass is 35.5. The summed E-state index contributed by atoms with van der Waals surface area (Å²) in [5, 5.41) is -0.602. The monoisotopic (exact) mass is 214 g/mol. The van der Waals surface area contributed by atoms with Crippen molar-refractivity contribution in [2.75, 3.05) is 0 Å². The van der Waals surface area contributed by atoms with E-state index < -0.39 is 5.24 Å². The highest BCUT2D eigenvalue weighted by Crippen LogP contribution is 2.24. The lowest BCUT2D eigenvalue weighted by Gasteiger charge is -2.01. The van der Waals surface area contributed by atoms with E-state index in [-0.39, 0.29) is 5.12 Å². The minimum absolute atomic E-state index is 0.0645. The van der Waals surface area contributed by atoms with Crippen molar-refractivity contribution in [1.82, 2.24) is 0 Å². The van der Waals surface area contributed by atoms with Gasteiger partial charge in [-0.15, -0.1) is 0 Å². The van der Waals surface area contributed by atoms with Crippen LogP contribution >= 0.6 is 23.4 Å². The molecular formula is C9H7ClO2S. The fourth-order valence-corrected chi connectivity index (χ4v) is 1.82. The molecule has 0 aromatic heterocycles. The maximum atomic E-state index is 10.9. The molecule has 0 fully saturated rings. The van der Waals surface area contributed by atoms with E-state index in [0.717, 1.165) is 11.8 Å². The lowest BCUT2D eigenvalue weighted by molar-refractivity contribution is -0.109. The Kier molecular flexibility index (Phi) is 3.51. The molecule has 0 saturated carbocycles. The smallest absolute Gasteiger partial charge is 0.253 e. The van der Waals surface area contributed by atoms with Crippen LogP contribution in [0.2, 0.25) is 0 Å².